The maximum Gasteiger partial charge on any atom is 0.201 e. The van der Waals surface area contributed by atoms with Crippen LogP contribution in [0.3, 0.4) is 0 Å². The first-order valence-electron chi connectivity index (χ1n) is 7.38. The summed E-state index contributed by atoms with van der Waals surface area (Å²) in [4.78, 5) is 11.7. The summed E-state index contributed by atoms with van der Waals surface area (Å²) in [6, 6.07) is 0. The van der Waals surface area contributed by atoms with Crippen LogP contribution in [0.5, 0.6) is 0 Å². The Bertz CT molecular complexity index is 434. The molecule has 6 atom stereocenters. The van der Waals surface area contributed by atoms with Crippen molar-refractivity contribution >= 4 is 0 Å². The van der Waals surface area contributed by atoms with E-state index in [4.69, 9.17) is 19.2 Å². The van der Waals surface area contributed by atoms with Gasteiger partial charge in [-0.3, -0.25) is 0 Å². The van der Waals surface area contributed by atoms with Crippen molar-refractivity contribution in [3.63, 3.8) is 0 Å². The summed E-state index contributed by atoms with van der Waals surface area (Å²) < 4.78 is 12.1. The van der Waals surface area contributed by atoms with Crippen molar-refractivity contribution in [2.45, 2.75) is 57.7 Å². The molecular weight excluding hydrogens is 244 g/mol. The van der Waals surface area contributed by atoms with Gasteiger partial charge in [-0.15, -0.1) is 0 Å². The number of ether oxygens (including phenoxy) is 2. The Balaban J connectivity index is 1.85. The zero-order valence-corrected chi connectivity index (χ0v) is 11.8. The molecule has 1 spiro atoms. The van der Waals surface area contributed by atoms with E-state index in [2.05, 4.69) is 19.9 Å². The van der Waals surface area contributed by atoms with Gasteiger partial charge >= 0.3 is 0 Å². The average molecular weight is 266 g/mol. The molecule has 2 bridgehead atoms. The van der Waals surface area contributed by atoms with Crippen molar-refractivity contribution < 1.29 is 19.2 Å². The average Bonchev–Trinajstić information content (AvgIpc) is 2.61. The molecule has 0 aromatic carbocycles. The molecule has 19 heavy (non-hydrogen) atoms. The number of allylic oxidation sites excluding steroid dienone is 1. The SMILES string of the molecule is CC1=CC[C@H]2[C@@H](C)CO[C@@H]3O[C@]4(C)CC[C@@H]1[C@]32OO4. The van der Waals surface area contributed by atoms with E-state index in [-0.39, 0.29) is 6.29 Å². The summed E-state index contributed by atoms with van der Waals surface area (Å²) in [5.74, 6) is 0.585. The first-order valence-corrected chi connectivity index (χ1v) is 7.38. The molecule has 1 aliphatic carbocycles. The molecule has 4 fully saturated rings. The molecule has 106 valence electrons. The van der Waals surface area contributed by atoms with E-state index < -0.39 is 11.4 Å². The molecule has 0 aromatic heterocycles. The van der Waals surface area contributed by atoms with Gasteiger partial charge in [0.1, 0.15) is 0 Å². The predicted molar refractivity (Wildman–Crippen MR) is 67.9 cm³/mol. The van der Waals surface area contributed by atoms with Crippen LogP contribution < -0.4 is 0 Å². The van der Waals surface area contributed by atoms with Gasteiger partial charge in [-0.2, -0.15) is 0 Å². The molecule has 4 aliphatic heterocycles. The third kappa shape index (κ3) is 1.49. The van der Waals surface area contributed by atoms with Gasteiger partial charge in [0.2, 0.25) is 5.79 Å². The van der Waals surface area contributed by atoms with E-state index in [1.807, 2.05) is 6.92 Å². The first-order chi connectivity index (χ1) is 9.05. The zero-order valence-electron chi connectivity index (χ0n) is 11.8. The van der Waals surface area contributed by atoms with E-state index in [1.54, 1.807) is 0 Å². The van der Waals surface area contributed by atoms with E-state index in [0.29, 0.717) is 17.8 Å². The summed E-state index contributed by atoms with van der Waals surface area (Å²) >= 11 is 0. The molecule has 4 heterocycles. The van der Waals surface area contributed by atoms with Crippen LogP contribution in [0.2, 0.25) is 0 Å². The molecular formula is C15H22O4. The number of hydrogen-bond donors (Lipinski definition) is 0. The maximum atomic E-state index is 6.13. The highest BCUT2D eigenvalue weighted by molar-refractivity contribution is 5.22. The lowest BCUT2D eigenvalue weighted by molar-refractivity contribution is -0.562. The molecule has 4 nitrogen and oxygen atoms in total. The van der Waals surface area contributed by atoms with Gasteiger partial charge in [0.25, 0.3) is 0 Å². The standard InChI is InChI=1S/C15H22O4/c1-9-4-5-11-10(2)8-16-13-15(11)12(9)6-7-14(3,17-13)18-19-15/h4,10-13H,5-8H2,1-3H3/t10-,11-,12-,13+,14-,15-/m0/s1. The predicted octanol–water partition coefficient (Wildman–Crippen LogP) is 2.79. The summed E-state index contributed by atoms with van der Waals surface area (Å²) in [6.45, 7) is 7.14. The molecule has 5 rings (SSSR count). The van der Waals surface area contributed by atoms with Gasteiger partial charge < -0.3 is 9.47 Å². The highest BCUT2D eigenvalue weighted by Crippen LogP contribution is 2.57. The lowest BCUT2D eigenvalue weighted by atomic mass is 9.62. The molecule has 0 N–H and O–H groups in total. The van der Waals surface area contributed by atoms with Gasteiger partial charge in [-0.1, -0.05) is 18.6 Å². The largest absolute Gasteiger partial charge is 0.349 e. The minimum Gasteiger partial charge on any atom is -0.349 e. The smallest absolute Gasteiger partial charge is 0.201 e. The Hall–Kier alpha value is -0.420. The van der Waals surface area contributed by atoms with Crippen molar-refractivity contribution in [2.75, 3.05) is 6.61 Å². The molecule has 0 aromatic rings. The van der Waals surface area contributed by atoms with Crippen LogP contribution in [0, 0.1) is 17.8 Å². The molecule has 4 saturated heterocycles. The number of fused-ring (bicyclic) bond motifs is 2. The Morgan fingerprint density at radius 1 is 1.32 bits per heavy atom. The third-order valence-electron chi connectivity index (χ3n) is 5.54. The summed E-state index contributed by atoms with van der Waals surface area (Å²) in [7, 11) is 0. The minimum atomic E-state index is -0.654. The van der Waals surface area contributed by atoms with Crippen LogP contribution in [-0.2, 0) is 19.2 Å². The number of hydrogen-bond acceptors (Lipinski definition) is 4. The van der Waals surface area contributed by atoms with Gasteiger partial charge in [-0.05, 0) is 32.6 Å². The normalized spacial score (nSPS) is 56.3. The lowest BCUT2D eigenvalue weighted by Crippen LogP contribution is -2.67. The van der Waals surface area contributed by atoms with Crippen molar-refractivity contribution in [3.05, 3.63) is 11.6 Å². The fourth-order valence-electron chi connectivity index (χ4n) is 4.41. The van der Waals surface area contributed by atoms with Gasteiger partial charge in [0.15, 0.2) is 11.9 Å². The summed E-state index contributed by atoms with van der Waals surface area (Å²) in [5, 5.41) is 0. The molecule has 0 unspecified atom stereocenters. The summed E-state index contributed by atoms with van der Waals surface area (Å²) in [6.07, 6.45) is 5.02. The highest BCUT2D eigenvalue weighted by atomic mass is 17.3. The third-order valence-corrected chi connectivity index (χ3v) is 5.54. The second kappa shape index (κ2) is 3.82. The summed E-state index contributed by atoms with van der Waals surface area (Å²) in [5.41, 5.74) is 0.962. The minimum absolute atomic E-state index is 0.288. The highest BCUT2D eigenvalue weighted by Gasteiger charge is 2.66. The van der Waals surface area contributed by atoms with Crippen molar-refractivity contribution in [1.29, 1.82) is 0 Å². The fourth-order valence-corrected chi connectivity index (χ4v) is 4.41. The molecule has 0 amide bonds. The number of rotatable bonds is 0. The molecule has 0 saturated carbocycles. The van der Waals surface area contributed by atoms with E-state index in [9.17, 15) is 0 Å². The van der Waals surface area contributed by atoms with Crippen LogP contribution >= 0.6 is 0 Å². The van der Waals surface area contributed by atoms with E-state index in [1.165, 1.54) is 5.57 Å². The van der Waals surface area contributed by atoms with Gasteiger partial charge in [-0.25, -0.2) is 9.78 Å². The monoisotopic (exact) mass is 266 g/mol. The maximum absolute atomic E-state index is 6.13. The molecule has 0 radical (unpaired) electrons. The Kier molecular flexibility index (Phi) is 2.48. The Morgan fingerprint density at radius 2 is 2.16 bits per heavy atom. The van der Waals surface area contributed by atoms with Crippen LogP contribution in [-0.4, -0.2) is 24.3 Å². The topological polar surface area (TPSA) is 36.9 Å². The van der Waals surface area contributed by atoms with Gasteiger partial charge in [0, 0.05) is 18.3 Å². The molecule has 4 heteroatoms. The van der Waals surface area contributed by atoms with Crippen molar-refractivity contribution in [2.24, 2.45) is 17.8 Å². The lowest BCUT2D eigenvalue weighted by Gasteiger charge is -2.57. The zero-order chi connectivity index (χ0) is 13.3. The van der Waals surface area contributed by atoms with Crippen LogP contribution in [0.4, 0.5) is 0 Å². The van der Waals surface area contributed by atoms with Crippen LogP contribution in [0.25, 0.3) is 0 Å². The van der Waals surface area contributed by atoms with E-state index in [0.717, 1.165) is 25.9 Å². The molecule has 5 aliphatic rings. The Labute approximate surface area is 114 Å². The van der Waals surface area contributed by atoms with Crippen molar-refractivity contribution in [1.82, 2.24) is 0 Å². The second-order valence-electron chi connectivity index (χ2n) is 6.80. The van der Waals surface area contributed by atoms with Crippen LogP contribution in [0.15, 0.2) is 11.6 Å². The van der Waals surface area contributed by atoms with Crippen LogP contribution in [0.1, 0.15) is 40.0 Å². The first kappa shape index (κ1) is 12.3. The quantitative estimate of drug-likeness (QED) is 0.499. The van der Waals surface area contributed by atoms with Crippen molar-refractivity contribution in [3.8, 4) is 0 Å². The fraction of sp³-hybridized carbons (Fsp3) is 0.867. The van der Waals surface area contributed by atoms with Gasteiger partial charge in [0.05, 0.1) is 6.61 Å². The second-order valence-corrected chi connectivity index (χ2v) is 6.80. The van der Waals surface area contributed by atoms with E-state index >= 15 is 0 Å². The Morgan fingerprint density at radius 3 is 3.00 bits per heavy atom.